The van der Waals surface area contributed by atoms with E-state index in [1.807, 2.05) is 0 Å². The summed E-state index contributed by atoms with van der Waals surface area (Å²) < 4.78 is 0. The maximum atomic E-state index is 14.0. The smallest absolute Gasteiger partial charge is 0.326 e. The van der Waals surface area contributed by atoms with Gasteiger partial charge in [-0.25, -0.2) is 9.78 Å². The van der Waals surface area contributed by atoms with Crippen molar-refractivity contribution in [2.75, 3.05) is 13.1 Å². The number of benzene rings is 1. The first-order valence-corrected chi connectivity index (χ1v) is 21.6. The molecule has 26 nitrogen and oxygen atoms in total. The normalized spacial score (nSPS) is 13.9. The number of carbonyl (C=O) groups is 10. The van der Waals surface area contributed by atoms with Gasteiger partial charge in [0, 0.05) is 44.6 Å². The van der Waals surface area contributed by atoms with Crippen molar-refractivity contribution in [3.05, 3.63) is 48.0 Å². The second-order valence-electron chi connectivity index (χ2n) is 16.2. The lowest BCUT2D eigenvalue weighted by molar-refractivity contribution is -0.143. The monoisotopic (exact) mass is 957 g/mol. The second-order valence-corrected chi connectivity index (χ2v) is 16.2. The van der Waals surface area contributed by atoms with Crippen molar-refractivity contribution < 1.29 is 63.3 Å². The number of imidazole rings is 1. The summed E-state index contributed by atoms with van der Waals surface area (Å²) in [7, 11) is 0. The molecule has 1 aromatic carbocycles. The summed E-state index contributed by atoms with van der Waals surface area (Å²) in [6.07, 6.45) is 1.88. The van der Waals surface area contributed by atoms with E-state index in [1.54, 1.807) is 13.8 Å². The molecule has 1 aromatic heterocycles. The zero-order valence-electron chi connectivity index (χ0n) is 38.4. The number of hydrogen-bond donors (Lipinski definition) is 14. The summed E-state index contributed by atoms with van der Waals surface area (Å²) in [5.41, 5.74) is 11.5. The molecule has 0 fully saturated rings. The number of nitrogens with two attached hydrogens (primary N) is 2. The molecule has 68 heavy (non-hydrogen) atoms. The fourth-order valence-corrected chi connectivity index (χ4v) is 6.31. The number of nitrogens with zero attached hydrogens (tertiary/aromatic N) is 2. The van der Waals surface area contributed by atoms with Gasteiger partial charge in [-0.2, -0.15) is 0 Å². The number of aromatic hydroxyl groups is 1. The maximum Gasteiger partial charge on any atom is 0.326 e. The number of aliphatic carboxylic acids is 2. The van der Waals surface area contributed by atoms with Gasteiger partial charge < -0.3 is 74.3 Å². The number of guanidine groups is 1. The van der Waals surface area contributed by atoms with E-state index >= 15 is 0 Å². The number of aliphatic imine (C=N–C) groups is 1. The van der Waals surface area contributed by atoms with E-state index in [0.717, 1.165) is 0 Å². The highest BCUT2D eigenvalue weighted by molar-refractivity contribution is 5.97. The number of carbonyl (C=O) groups excluding carboxylic acids is 8. The number of aromatic amines is 1. The first kappa shape index (κ1) is 56.3. The number of aromatic nitrogens is 2. The summed E-state index contributed by atoms with van der Waals surface area (Å²) >= 11 is 0. The molecule has 7 atom stereocenters. The molecule has 0 saturated heterocycles. The molecule has 0 radical (unpaired) electrons. The van der Waals surface area contributed by atoms with Crippen LogP contribution in [0.25, 0.3) is 0 Å². The Hall–Kier alpha value is -7.80. The Labute approximate surface area is 391 Å². The number of hydrogen-bond acceptors (Lipinski definition) is 13. The van der Waals surface area contributed by atoms with E-state index in [1.165, 1.54) is 57.6 Å². The Morgan fingerprint density at radius 3 is 1.79 bits per heavy atom. The fraction of sp³-hybridized carbons (Fsp3) is 0.524. The van der Waals surface area contributed by atoms with Crippen LogP contribution >= 0.6 is 0 Å². The SMILES string of the molecule is CC(=O)N[C@@H](CCCN=C(N)N)C(=O)N[C@@H](C)C(=O)N[C@@H](C)C(=O)N[C@@H](Cc1cnc[nH]1)C(=O)N[C@@H](Cc1ccc(O)cc1)C(=O)NCC(=O)N[C@@H](CC(C)C)C(=O)N[C@@H](CCC(=O)O)C(=O)O. The highest BCUT2D eigenvalue weighted by atomic mass is 16.4. The molecule has 374 valence electrons. The van der Waals surface area contributed by atoms with Gasteiger partial charge in [0.1, 0.15) is 48.0 Å². The molecule has 0 aliphatic heterocycles. The summed E-state index contributed by atoms with van der Waals surface area (Å²) in [6, 6.07) is -3.53. The largest absolute Gasteiger partial charge is 0.508 e. The van der Waals surface area contributed by atoms with Crippen molar-refractivity contribution in [3.8, 4) is 5.75 Å². The van der Waals surface area contributed by atoms with Crippen LogP contribution in [0.4, 0.5) is 0 Å². The maximum absolute atomic E-state index is 14.0. The summed E-state index contributed by atoms with van der Waals surface area (Å²) in [5.74, 6) is -9.53. The van der Waals surface area contributed by atoms with Crippen LogP contribution in [-0.4, -0.2) is 146 Å². The van der Waals surface area contributed by atoms with Gasteiger partial charge in [0.15, 0.2) is 5.96 Å². The minimum Gasteiger partial charge on any atom is -0.508 e. The van der Waals surface area contributed by atoms with Gasteiger partial charge in [0.05, 0.1) is 12.9 Å². The Kier molecular flexibility index (Phi) is 23.4. The average molecular weight is 958 g/mol. The highest BCUT2D eigenvalue weighted by Crippen LogP contribution is 2.13. The van der Waals surface area contributed by atoms with Gasteiger partial charge in [-0.1, -0.05) is 26.0 Å². The molecule has 1 heterocycles. The lowest BCUT2D eigenvalue weighted by Gasteiger charge is -2.25. The van der Waals surface area contributed by atoms with Crippen LogP contribution in [0.2, 0.25) is 0 Å². The van der Waals surface area contributed by atoms with Crippen molar-refractivity contribution in [2.45, 2.75) is 122 Å². The molecule has 16 N–H and O–H groups in total. The van der Waals surface area contributed by atoms with E-state index in [4.69, 9.17) is 16.6 Å². The predicted molar refractivity (Wildman–Crippen MR) is 242 cm³/mol. The van der Waals surface area contributed by atoms with Gasteiger partial charge in [-0.3, -0.25) is 48.1 Å². The third-order valence-electron chi connectivity index (χ3n) is 9.81. The van der Waals surface area contributed by atoms with E-state index in [0.29, 0.717) is 17.7 Å². The van der Waals surface area contributed by atoms with Gasteiger partial charge in [0.2, 0.25) is 47.3 Å². The van der Waals surface area contributed by atoms with Crippen molar-refractivity contribution >= 4 is 65.2 Å². The van der Waals surface area contributed by atoms with Crippen LogP contribution < -0.4 is 54.0 Å². The molecule has 2 rings (SSSR count). The van der Waals surface area contributed by atoms with Crippen LogP contribution in [-0.2, 0) is 60.8 Å². The number of carboxylic acid groups (broad SMARTS) is 2. The summed E-state index contributed by atoms with van der Waals surface area (Å²) in [5, 5.41) is 48.0. The Bertz CT molecular complexity index is 2090. The zero-order chi connectivity index (χ0) is 51.1. The Morgan fingerprint density at radius 1 is 0.676 bits per heavy atom. The average Bonchev–Trinajstić information content (AvgIpc) is 3.77. The molecular weight excluding hydrogens is 895 g/mol. The molecular formula is C42H63N13O13. The molecule has 0 spiro atoms. The molecule has 26 heteroatoms. The molecule has 0 bridgehead atoms. The Balaban J connectivity index is 2.23. The number of H-pyrrole nitrogens is 1. The number of nitrogens with one attached hydrogen (secondary N) is 9. The van der Waals surface area contributed by atoms with Gasteiger partial charge in [-0.15, -0.1) is 0 Å². The number of rotatable bonds is 29. The van der Waals surface area contributed by atoms with Crippen molar-refractivity contribution in [2.24, 2.45) is 22.4 Å². The number of phenolic OH excluding ortho intramolecular Hbond substituents is 1. The molecule has 0 aliphatic carbocycles. The topological polar surface area (TPSA) is 421 Å². The first-order chi connectivity index (χ1) is 31.9. The summed E-state index contributed by atoms with van der Waals surface area (Å²) in [4.78, 5) is 139. The molecule has 8 amide bonds. The minimum absolute atomic E-state index is 0.0433. The van der Waals surface area contributed by atoms with Crippen LogP contribution in [0.15, 0.2) is 41.8 Å². The van der Waals surface area contributed by atoms with Crippen LogP contribution in [0, 0.1) is 5.92 Å². The van der Waals surface area contributed by atoms with E-state index in [-0.39, 0.29) is 49.9 Å². The quantitative estimate of drug-likeness (QED) is 0.0214. The summed E-state index contributed by atoms with van der Waals surface area (Å²) in [6.45, 7) is 6.82. The van der Waals surface area contributed by atoms with Crippen molar-refractivity contribution in [3.63, 3.8) is 0 Å². The second kappa shape index (κ2) is 28.3. The molecule has 2 aromatic rings. The van der Waals surface area contributed by atoms with E-state index in [9.17, 15) is 58.2 Å². The van der Waals surface area contributed by atoms with Crippen LogP contribution in [0.1, 0.15) is 78.0 Å². The fourth-order valence-electron chi connectivity index (χ4n) is 6.31. The third kappa shape index (κ3) is 21.5. The molecule has 0 aliphatic rings. The Morgan fingerprint density at radius 2 is 1.24 bits per heavy atom. The van der Waals surface area contributed by atoms with Gasteiger partial charge >= 0.3 is 11.9 Å². The standard InChI is InChI=1S/C42H63N13O13/c1-21(2)15-30(39(65)53-29(41(67)68)12-13-34(59)60)52-33(58)19-47-37(63)31(16-25-8-10-27(57)11-9-25)55-40(66)32(17-26-18-45-20-48-26)54-36(62)23(4)49-35(61)22(3)50-38(64)28(51-24(5)56)7-6-14-46-42(43)44/h8-11,18,20-23,28-32,57H,6-7,12-17,19H2,1-5H3,(H,45,48)(H,47,63)(H,49,61)(H,50,64)(H,51,56)(H,52,58)(H,53,65)(H,54,62)(H,55,66)(H,59,60)(H,67,68)(H4,43,44,46)/t22-,23-,28-,29-,30-,31-,32-/m0/s1. The number of amides is 8. The lowest BCUT2D eigenvalue weighted by atomic mass is 10.0. The highest BCUT2D eigenvalue weighted by Gasteiger charge is 2.32. The van der Waals surface area contributed by atoms with Gasteiger partial charge in [0.25, 0.3) is 0 Å². The van der Waals surface area contributed by atoms with Crippen LogP contribution in [0.5, 0.6) is 5.75 Å². The number of phenols is 1. The van der Waals surface area contributed by atoms with Crippen molar-refractivity contribution in [1.29, 1.82) is 0 Å². The third-order valence-corrected chi connectivity index (χ3v) is 9.81. The number of carboxylic acids is 2. The van der Waals surface area contributed by atoms with Crippen molar-refractivity contribution in [1.82, 2.24) is 52.5 Å². The van der Waals surface area contributed by atoms with E-state index in [2.05, 4.69) is 57.5 Å². The minimum atomic E-state index is -1.56. The predicted octanol–water partition coefficient (Wildman–Crippen LogP) is -3.48. The lowest BCUT2D eigenvalue weighted by Crippen LogP contribution is -2.59. The molecule has 0 saturated carbocycles. The van der Waals surface area contributed by atoms with Crippen LogP contribution in [0.3, 0.4) is 0 Å². The van der Waals surface area contributed by atoms with Gasteiger partial charge in [-0.05, 0) is 63.1 Å². The molecule has 0 unspecified atom stereocenters. The first-order valence-electron chi connectivity index (χ1n) is 21.6. The zero-order valence-corrected chi connectivity index (χ0v) is 38.4. The van der Waals surface area contributed by atoms with E-state index < -0.39 is 121 Å².